The standard InChI is InChI=1S/C15H17N3O2/c16-13(7-8-14(17)19)15(20)18-12-6-5-10-3-1-2-4-11(10)9-12/h1-6,9,13H,7-8,16H2,(H2,17,19)(H,18,20)/t13-/m1/s1. The fraction of sp³-hybridized carbons (Fsp3) is 0.200. The van der Waals surface area contributed by atoms with E-state index in [1.54, 1.807) is 0 Å². The molecule has 5 N–H and O–H groups in total. The number of hydrogen-bond donors (Lipinski definition) is 3. The number of benzene rings is 2. The lowest BCUT2D eigenvalue weighted by Crippen LogP contribution is -2.36. The SMILES string of the molecule is NC(=O)CC[C@@H](N)C(=O)Nc1ccc2ccccc2c1. The fourth-order valence-corrected chi connectivity index (χ4v) is 1.93. The number of nitrogens with one attached hydrogen (secondary N) is 1. The first kappa shape index (κ1) is 14.0. The molecule has 0 radical (unpaired) electrons. The van der Waals surface area contributed by atoms with Gasteiger partial charge in [-0.25, -0.2) is 0 Å². The molecule has 2 aromatic carbocycles. The Balaban J connectivity index is 2.03. The van der Waals surface area contributed by atoms with Crippen molar-refractivity contribution in [2.45, 2.75) is 18.9 Å². The van der Waals surface area contributed by atoms with Crippen molar-refractivity contribution in [2.75, 3.05) is 5.32 Å². The van der Waals surface area contributed by atoms with E-state index in [-0.39, 0.29) is 18.7 Å². The Labute approximate surface area is 116 Å². The van der Waals surface area contributed by atoms with E-state index in [2.05, 4.69) is 5.32 Å². The van der Waals surface area contributed by atoms with E-state index in [0.717, 1.165) is 10.8 Å². The van der Waals surface area contributed by atoms with Gasteiger partial charge in [0.2, 0.25) is 11.8 Å². The number of fused-ring (bicyclic) bond motifs is 1. The third-order valence-electron chi connectivity index (χ3n) is 3.06. The van der Waals surface area contributed by atoms with E-state index >= 15 is 0 Å². The van der Waals surface area contributed by atoms with Crippen LogP contribution in [0.3, 0.4) is 0 Å². The third-order valence-corrected chi connectivity index (χ3v) is 3.06. The monoisotopic (exact) mass is 271 g/mol. The Hall–Kier alpha value is -2.40. The number of nitrogens with two attached hydrogens (primary N) is 2. The summed E-state index contributed by atoms with van der Waals surface area (Å²) < 4.78 is 0. The molecule has 0 aliphatic heterocycles. The van der Waals surface area contributed by atoms with Crippen molar-refractivity contribution < 1.29 is 9.59 Å². The maximum atomic E-state index is 11.9. The smallest absolute Gasteiger partial charge is 0.241 e. The van der Waals surface area contributed by atoms with Crippen molar-refractivity contribution in [3.63, 3.8) is 0 Å². The van der Waals surface area contributed by atoms with Gasteiger partial charge in [0.05, 0.1) is 6.04 Å². The molecule has 0 bridgehead atoms. The van der Waals surface area contributed by atoms with Crippen LogP contribution in [0.4, 0.5) is 5.69 Å². The Morgan fingerprint density at radius 2 is 1.80 bits per heavy atom. The van der Waals surface area contributed by atoms with E-state index in [4.69, 9.17) is 11.5 Å². The van der Waals surface area contributed by atoms with Crippen molar-refractivity contribution in [3.8, 4) is 0 Å². The molecule has 0 aliphatic carbocycles. The van der Waals surface area contributed by atoms with Gasteiger partial charge in [0, 0.05) is 12.1 Å². The number of hydrogen-bond acceptors (Lipinski definition) is 3. The largest absolute Gasteiger partial charge is 0.370 e. The molecule has 0 saturated carbocycles. The van der Waals surface area contributed by atoms with Crippen LogP contribution >= 0.6 is 0 Å². The van der Waals surface area contributed by atoms with Crippen molar-refractivity contribution in [3.05, 3.63) is 42.5 Å². The number of primary amides is 1. The van der Waals surface area contributed by atoms with E-state index in [1.807, 2.05) is 42.5 Å². The van der Waals surface area contributed by atoms with E-state index < -0.39 is 11.9 Å². The summed E-state index contributed by atoms with van der Waals surface area (Å²) in [7, 11) is 0. The van der Waals surface area contributed by atoms with Gasteiger partial charge < -0.3 is 16.8 Å². The van der Waals surface area contributed by atoms with Crippen LogP contribution in [0.1, 0.15) is 12.8 Å². The molecule has 0 aliphatic rings. The topological polar surface area (TPSA) is 98.2 Å². The highest BCUT2D eigenvalue weighted by atomic mass is 16.2. The molecular formula is C15H17N3O2. The molecule has 0 fully saturated rings. The Bertz CT molecular complexity index is 640. The van der Waals surface area contributed by atoms with Gasteiger partial charge in [-0.3, -0.25) is 9.59 Å². The van der Waals surface area contributed by atoms with E-state index in [0.29, 0.717) is 5.69 Å². The number of amides is 2. The highest BCUT2D eigenvalue weighted by molar-refractivity contribution is 5.97. The summed E-state index contributed by atoms with van der Waals surface area (Å²) in [4.78, 5) is 22.5. The maximum Gasteiger partial charge on any atom is 0.241 e. The van der Waals surface area contributed by atoms with Gasteiger partial charge in [-0.15, -0.1) is 0 Å². The number of carbonyl (C=O) groups excluding carboxylic acids is 2. The van der Waals surface area contributed by atoms with Crippen LogP contribution in [-0.2, 0) is 9.59 Å². The average Bonchev–Trinajstić information content (AvgIpc) is 2.44. The second kappa shape index (κ2) is 6.16. The van der Waals surface area contributed by atoms with Crippen molar-refractivity contribution >= 4 is 28.3 Å². The second-order valence-electron chi connectivity index (χ2n) is 4.66. The lowest BCUT2D eigenvalue weighted by atomic mass is 10.1. The predicted octanol–water partition coefficient (Wildman–Crippen LogP) is 1.37. The van der Waals surface area contributed by atoms with Crippen LogP contribution in [0, 0.1) is 0 Å². The summed E-state index contributed by atoms with van der Waals surface area (Å²) in [6, 6.07) is 12.8. The molecule has 5 heteroatoms. The lowest BCUT2D eigenvalue weighted by molar-refractivity contribution is -0.119. The van der Waals surface area contributed by atoms with Crippen LogP contribution in [0.15, 0.2) is 42.5 Å². The molecule has 2 rings (SSSR count). The zero-order valence-corrected chi connectivity index (χ0v) is 11.0. The van der Waals surface area contributed by atoms with Crippen LogP contribution in [0.5, 0.6) is 0 Å². The first-order valence-corrected chi connectivity index (χ1v) is 6.40. The molecule has 0 saturated heterocycles. The zero-order chi connectivity index (χ0) is 14.5. The summed E-state index contributed by atoms with van der Waals surface area (Å²) in [6.07, 6.45) is 0.348. The molecule has 104 valence electrons. The first-order valence-electron chi connectivity index (χ1n) is 6.40. The molecule has 2 amide bonds. The number of anilines is 1. The minimum Gasteiger partial charge on any atom is -0.370 e. The summed E-state index contributed by atoms with van der Waals surface area (Å²) in [6.45, 7) is 0. The van der Waals surface area contributed by atoms with Crippen LogP contribution in [0.2, 0.25) is 0 Å². The molecule has 0 spiro atoms. The molecule has 0 aromatic heterocycles. The van der Waals surface area contributed by atoms with Crippen molar-refractivity contribution in [1.29, 1.82) is 0 Å². The minimum absolute atomic E-state index is 0.103. The quantitative estimate of drug-likeness (QED) is 0.766. The van der Waals surface area contributed by atoms with Gasteiger partial charge in [0.1, 0.15) is 0 Å². The van der Waals surface area contributed by atoms with Crippen molar-refractivity contribution in [2.24, 2.45) is 11.5 Å². The Morgan fingerprint density at radius 1 is 1.10 bits per heavy atom. The highest BCUT2D eigenvalue weighted by Gasteiger charge is 2.14. The van der Waals surface area contributed by atoms with E-state index in [1.165, 1.54) is 0 Å². The van der Waals surface area contributed by atoms with Gasteiger partial charge >= 0.3 is 0 Å². The molecule has 20 heavy (non-hydrogen) atoms. The van der Waals surface area contributed by atoms with Gasteiger partial charge in [-0.2, -0.15) is 0 Å². The first-order chi connectivity index (χ1) is 9.56. The molecule has 5 nitrogen and oxygen atoms in total. The van der Waals surface area contributed by atoms with Crippen LogP contribution in [-0.4, -0.2) is 17.9 Å². The van der Waals surface area contributed by atoms with Crippen LogP contribution in [0.25, 0.3) is 10.8 Å². The summed E-state index contributed by atoms with van der Waals surface area (Å²) in [5.74, 6) is -0.777. The molecule has 2 aromatic rings. The fourth-order valence-electron chi connectivity index (χ4n) is 1.93. The third kappa shape index (κ3) is 3.55. The van der Waals surface area contributed by atoms with E-state index in [9.17, 15) is 9.59 Å². The zero-order valence-electron chi connectivity index (χ0n) is 11.0. The summed E-state index contributed by atoms with van der Waals surface area (Å²) >= 11 is 0. The van der Waals surface area contributed by atoms with Gasteiger partial charge in [0.25, 0.3) is 0 Å². The molecular weight excluding hydrogens is 254 g/mol. The molecule has 0 unspecified atom stereocenters. The lowest BCUT2D eigenvalue weighted by Gasteiger charge is -2.12. The van der Waals surface area contributed by atoms with Gasteiger partial charge in [-0.05, 0) is 29.3 Å². The predicted molar refractivity (Wildman–Crippen MR) is 79.0 cm³/mol. The molecule has 1 atom stereocenters. The average molecular weight is 271 g/mol. The Morgan fingerprint density at radius 3 is 2.50 bits per heavy atom. The second-order valence-corrected chi connectivity index (χ2v) is 4.66. The maximum absolute atomic E-state index is 11.9. The van der Waals surface area contributed by atoms with Crippen LogP contribution < -0.4 is 16.8 Å². The molecule has 0 heterocycles. The van der Waals surface area contributed by atoms with Crippen molar-refractivity contribution in [1.82, 2.24) is 0 Å². The number of carbonyl (C=O) groups is 2. The Kier molecular flexibility index (Phi) is 4.32. The number of rotatable bonds is 5. The summed E-state index contributed by atoms with van der Waals surface area (Å²) in [5.41, 5.74) is 11.4. The van der Waals surface area contributed by atoms with Gasteiger partial charge in [-0.1, -0.05) is 30.3 Å². The normalized spacial score (nSPS) is 12.1. The minimum atomic E-state index is -0.742. The van der Waals surface area contributed by atoms with Gasteiger partial charge in [0.15, 0.2) is 0 Å². The highest BCUT2D eigenvalue weighted by Crippen LogP contribution is 2.19. The summed E-state index contributed by atoms with van der Waals surface area (Å²) in [5, 5.41) is 4.88.